The van der Waals surface area contributed by atoms with E-state index in [9.17, 15) is 0 Å². The first-order valence-electron chi connectivity index (χ1n) is 14.3. The Labute approximate surface area is 232 Å². The number of imidazole rings is 1. The molecule has 40 heavy (non-hydrogen) atoms. The zero-order chi connectivity index (χ0) is 26.5. The van der Waals surface area contributed by atoms with E-state index in [4.69, 9.17) is 9.40 Å². The fourth-order valence-corrected chi connectivity index (χ4v) is 7.60. The molecule has 0 N–H and O–H groups in total. The summed E-state index contributed by atoms with van der Waals surface area (Å²) >= 11 is 0. The standard InChI is InChI=1S/C37H28N2O/c1-21(2)22-10-5-7-16-32(22)39-35-31(19-18-26-29-20-30(34(26)35)24-12-4-3-11-23(24)29)38-37(39)28-15-9-14-27-25-13-6-8-17-33(25)40-36(27)28/h3-19,21,29-30H,20H2,1-2H3. The molecule has 0 saturated heterocycles. The van der Waals surface area contributed by atoms with Crippen molar-refractivity contribution in [1.82, 2.24) is 9.55 Å². The van der Waals surface area contributed by atoms with Crippen molar-refractivity contribution in [2.75, 3.05) is 0 Å². The molecule has 2 aliphatic carbocycles. The van der Waals surface area contributed by atoms with Gasteiger partial charge in [-0.15, -0.1) is 0 Å². The van der Waals surface area contributed by atoms with Gasteiger partial charge in [-0.25, -0.2) is 4.98 Å². The molecule has 2 unspecified atom stereocenters. The van der Waals surface area contributed by atoms with Crippen molar-refractivity contribution < 1.29 is 4.42 Å². The van der Waals surface area contributed by atoms with Crippen LogP contribution in [0.1, 0.15) is 65.8 Å². The number of para-hydroxylation sites is 3. The van der Waals surface area contributed by atoms with Gasteiger partial charge in [-0.1, -0.05) is 92.7 Å². The van der Waals surface area contributed by atoms with Crippen LogP contribution in [0.2, 0.25) is 0 Å². The highest BCUT2D eigenvalue weighted by Gasteiger charge is 2.43. The lowest BCUT2D eigenvalue weighted by Crippen LogP contribution is -2.08. The molecule has 0 amide bonds. The van der Waals surface area contributed by atoms with Crippen LogP contribution in [0.3, 0.4) is 0 Å². The summed E-state index contributed by atoms with van der Waals surface area (Å²) in [6.07, 6.45) is 1.15. The van der Waals surface area contributed by atoms with Crippen LogP contribution in [-0.4, -0.2) is 9.55 Å². The number of aromatic nitrogens is 2. The van der Waals surface area contributed by atoms with Crippen LogP contribution in [0.4, 0.5) is 0 Å². The maximum atomic E-state index is 6.54. The first-order chi connectivity index (χ1) is 19.7. The molecule has 9 rings (SSSR count). The summed E-state index contributed by atoms with van der Waals surface area (Å²) in [6.45, 7) is 4.56. The Morgan fingerprint density at radius 1 is 0.725 bits per heavy atom. The molecule has 3 heteroatoms. The fourth-order valence-electron chi connectivity index (χ4n) is 7.60. The second-order valence-electron chi connectivity index (χ2n) is 11.7. The average Bonchev–Trinajstić information content (AvgIpc) is 3.75. The first kappa shape index (κ1) is 22.2. The predicted octanol–water partition coefficient (Wildman–Crippen LogP) is 9.70. The zero-order valence-electron chi connectivity index (χ0n) is 22.6. The van der Waals surface area contributed by atoms with Gasteiger partial charge in [0.05, 0.1) is 22.3 Å². The molecule has 7 aromatic rings. The average molecular weight is 517 g/mol. The van der Waals surface area contributed by atoms with Gasteiger partial charge in [0.1, 0.15) is 17.0 Å². The van der Waals surface area contributed by atoms with Gasteiger partial charge >= 0.3 is 0 Å². The van der Waals surface area contributed by atoms with Gasteiger partial charge in [0.2, 0.25) is 0 Å². The molecule has 5 aromatic carbocycles. The van der Waals surface area contributed by atoms with Crippen LogP contribution in [0.25, 0.3) is 50.0 Å². The molecule has 0 radical (unpaired) electrons. The van der Waals surface area contributed by atoms with Crippen LogP contribution in [-0.2, 0) is 0 Å². The van der Waals surface area contributed by atoms with Crippen molar-refractivity contribution in [1.29, 1.82) is 0 Å². The maximum Gasteiger partial charge on any atom is 0.149 e. The molecular formula is C37H28N2O. The lowest BCUT2D eigenvalue weighted by molar-refractivity contribution is 0.669. The molecule has 3 nitrogen and oxygen atoms in total. The van der Waals surface area contributed by atoms with Crippen molar-refractivity contribution in [2.24, 2.45) is 0 Å². The molecule has 0 spiro atoms. The lowest BCUT2D eigenvalue weighted by Gasteiger charge is -2.22. The fraction of sp³-hybridized carbons (Fsp3) is 0.162. The van der Waals surface area contributed by atoms with E-state index >= 15 is 0 Å². The molecule has 2 heterocycles. The molecule has 2 atom stereocenters. The topological polar surface area (TPSA) is 31.0 Å². The van der Waals surface area contributed by atoms with Gasteiger partial charge in [-0.2, -0.15) is 0 Å². The van der Waals surface area contributed by atoms with Crippen LogP contribution in [0.5, 0.6) is 0 Å². The normalized spacial score (nSPS) is 17.4. The van der Waals surface area contributed by atoms with E-state index in [1.54, 1.807) is 0 Å². The molecule has 192 valence electrons. The Balaban J connectivity index is 1.42. The Hall–Kier alpha value is -4.63. The minimum absolute atomic E-state index is 0.373. The van der Waals surface area contributed by atoms with Gasteiger partial charge < -0.3 is 4.42 Å². The van der Waals surface area contributed by atoms with Crippen LogP contribution < -0.4 is 0 Å². The van der Waals surface area contributed by atoms with E-state index in [0.29, 0.717) is 17.8 Å². The molecule has 2 aromatic heterocycles. The number of benzene rings is 5. The summed E-state index contributed by atoms with van der Waals surface area (Å²) in [7, 11) is 0. The number of rotatable bonds is 3. The minimum Gasteiger partial charge on any atom is -0.455 e. The monoisotopic (exact) mass is 516 g/mol. The van der Waals surface area contributed by atoms with E-state index < -0.39 is 0 Å². The van der Waals surface area contributed by atoms with E-state index in [1.165, 1.54) is 39.0 Å². The smallest absolute Gasteiger partial charge is 0.149 e. The molecule has 2 bridgehead atoms. The van der Waals surface area contributed by atoms with Crippen molar-refractivity contribution >= 4 is 33.0 Å². The van der Waals surface area contributed by atoms with Crippen LogP contribution in [0.15, 0.2) is 108 Å². The van der Waals surface area contributed by atoms with Gasteiger partial charge in [-0.3, -0.25) is 4.57 Å². The third kappa shape index (κ3) is 2.82. The van der Waals surface area contributed by atoms with E-state index in [0.717, 1.165) is 45.3 Å². The van der Waals surface area contributed by atoms with E-state index in [1.807, 2.05) is 6.07 Å². The summed E-state index contributed by atoms with van der Waals surface area (Å²) in [5.74, 6) is 2.18. The third-order valence-corrected chi connectivity index (χ3v) is 9.28. The van der Waals surface area contributed by atoms with Gasteiger partial charge in [0.15, 0.2) is 0 Å². The number of furan rings is 1. The van der Waals surface area contributed by atoms with Gasteiger partial charge in [0, 0.05) is 22.6 Å². The van der Waals surface area contributed by atoms with Crippen molar-refractivity contribution in [2.45, 2.75) is 38.0 Å². The summed E-state index contributed by atoms with van der Waals surface area (Å²) in [4.78, 5) is 5.40. The minimum atomic E-state index is 0.373. The third-order valence-electron chi connectivity index (χ3n) is 9.28. The van der Waals surface area contributed by atoms with Crippen molar-refractivity contribution in [3.8, 4) is 17.1 Å². The van der Waals surface area contributed by atoms with Gasteiger partial charge in [-0.05, 0) is 64.4 Å². The highest BCUT2D eigenvalue weighted by molar-refractivity contribution is 6.09. The summed E-state index contributed by atoms with van der Waals surface area (Å²) < 4.78 is 8.99. The van der Waals surface area contributed by atoms with Gasteiger partial charge in [0.25, 0.3) is 0 Å². The molecule has 0 aliphatic heterocycles. The Kier molecular flexibility index (Phi) is 4.42. The Morgan fingerprint density at radius 3 is 2.35 bits per heavy atom. The van der Waals surface area contributed by atoms with Crippen LogP contribution >= 0.6 is 0 Å². The number of hydrogen-bond donors (Lipinski definition) is 0. The first-order valence-corrected chi connectivity index (χ1v) is 14.3. The van der Waals surface area contributed by atoms with Crippen molar-refractivity contribution in [3.63, 3.8) is 0 Å². The number of nitrogens with zero attached hydrogens (tertiary/aromatic N) is 2. The highest BCUT2D eigenvalue weighted by Crippen LogP contribution is 2.58. The second kappa shape index (κ2) is 7.95. The summed E-state index contributed by atoms with van der Waals surface area (Å²) in [6, 6.07) is 37.2. The van der Waals surface area contributed by atoms with E-state index in [2.05, 4.69) is 115 Å². The second-order valence-corrected chi connectivity index (χ2v) is 11.7. The zero-order valence-corrected chi connectivity index (χ0v) is 22.6. The molecule has 2 aliphatic rings. The molecule has 0 fully saturated rings. The van der Waals surface area contributed by atoms with Crippen molar-refractivity contribution in [3.05, 3.63) is 131 Å². The largest absolute Gasteiger partial charge is 0.455 e. The summed E-state index contributed by atoms with van der Waals surface area (Å²) in [5, 5.41) is 2.27. The van der Waals surface area contributed by atoms with E-state index in [-0.39, 0.29) is 0 Å². The Bertz CT molecular complexity index is 2140. The molecule has 0 saturated carbocycles. The maximum absolute atomic E-state index is 6.54. The lowest BCUT2D eigenvalue weighted by atomic mass is 9.85. The quantitative estimate of drug-likeness (QED) is 0.234. The van der Waals surface area contributed by atoms with Crippen LogP contribution in [0, 0.1) is 0 Å². The molecular weight excluding hydrogens is 488 g/mol. The Morgan fingerprint density at radius 2 is 1.48 bits per heavy atom. The summed E-state index contributed by atoms with van der Waals surface area (Å²) in [5.41, 5.74) is 13.5. The number of hydrogen-bond acceptors (Lipinski definition) is 2. The number of fused-ring (bicyclic) bond motifs is 13. The SMILES string of the molecule is CC(C)c1ccccc1-n1c(-c2cccc3c2oc2ccccc23)nc2ccc3c(c21)C1CC3c2ccccc21. The predicted molar refractivity (Wildman–Crippen MR) is 163 cm³/mol. The highest BCUT2D eigenvalue weighted by atomic mass is 16.3.